The molecular weight excluding hydrogens is 312 g/mol. The van der Waals surface area contributed by atoms with Gasteiger partial charge >= 0.3 is 5.97 Å². The molecule has 0 spiro atoms. The van der Waals surface area contributed by atoms with Crippen LogP contribution in [0.5, 0.6) is 0 Å². The lowest BCUT2D eigenvalue weighted by molar-refractivity contribution is 0.0695. The summed E-state index contributed by atoms with van der Waals surface area (Å²) in [5.41, 5.74) is 0.963. The smallest absolute Gasteiger partial charge is 0.336 e. The molecule has 0 aliphatic heterocycles. The van der Waals surface area contributed by atoms with E-state index in [1.807, 2.05) is 0 Å². The van der Waals surface area contributed by atoms with Crippen molar-refractivity contribution in [1.82, 2.24) is 4.98 Å². The molecule has 0 unspecified atom stereocenters. The van der Waals surface area contributed by atoms with E-state index in [4.69, 9.17) is 5.11 Å². The second-order valence-electron chi connectivity index (χ2n) is 3.69. The maximum absolute atomic E-state index is 11.9. The summed E-state index contributed by atoms with van der Waals surface area (Å²) < 4.78 is 0.460. The molecule has 1 heterocycles. The van der Waals surface area contributed by atoms with Gasteiger partial charge in [0.15, 0.2) is 0 Å². The normalized spacial score (nSPS) is 9.95. The molecular formula is C13H9BrN2O3. The number of nitrogens with zero attached hydrogens (tertiary/aromatic N) is 1. The number of pyridine rings is 1. The molecule has 1 aromatic heterocycles. The van der Waals surface area contributed by atoms with Crippen molar-refractivity contribution in [2.24, 2.45) is 0 Å². The lowest BCUT2D eigenvalue weighted by atomic mass is 10.2. The zero-order chi connectivity index (χ0) is 13.8. The van der Waals surface area contributed by atoms with Crippen LogP contribution in [0.15, 0.2) is 47.2 Å². The summed E-state index contributed by atoms with van der Waals surface area (Å²) in [6.07, 6.45) is 3.03. The first kappa shape index (κ1) is 13.2. The summed E-state index contributed by atoms with van der Waals surface area (Å²) in [6, 6.07) is 7.74. The summed E-state index contributed by atoms with van der Waals surface area (Å²) in [6.45, 7) is 0. The predicted octanol–water partition coefficient (Wildman–Crippen LogP) is 2.79. The Balaban J connectivity index is 2.23. The maximum atomic E-state index is 11.9. The number of hydrogen-bond acceptors (Lipinski definition) is 3. The van der Waals surface area contributed by atoms with Crippen LogP contribution in [0.25, 0.3) is 0 Å². The SMILES string of the molecule is O=C(Nc1ccc(Br)c(C(=O)O)c1)c1ccncc1. The molecule has 1 aromatic carbocycles. The number of halogens is 1. The molecule has 0 saturated carbocycles. The zero-order valence-electron chi connectivity index (χ0n) is 9.63. The first-order valence-electron chi connectivity index (χ1n) is 5.32. The van der Waals surface area contributed by atoms with Crippen molar-refractivity contribution >= 4 is 33.5 Å². The molecule has 0 bridgehead atoms. The van der Waals surface area contributed by atoms with Crippen molar-refractivity contribution in [2.45, 2.75) is 0 Å². The van der Waals surface area contributed by atoms with Crippen LogP contribution in [0.3, 0.4) is 0 Å². The number of benzene rings is 1. The van der Waals surface area contributed by atoms with E-state index in [0.29, 0.717) is 15.7 Å². The van der Waals surface area contributed by atoms with Gasteiger partial charge in [0.1, 0.15) is 0 Å². The fourth-order valence-corrected chi connectivity index (χ4v) is 1.89. The number of aromatic carboxylic acids is 1. The van der Waals surface area contributed by atoms with Crippen molar-refractivity contribution in [3.05, 3.63) is 58.3 Å². The van der Waals surface area contributed by atoms with Gasteiger partial charge in [-0.15, -0.1) is 0 Å². The highest BCUT2D eigenvalue weighted by Crippen LogP contribution is 2.21. The van der Waals surface area contributed by atoms with E-state index in [-0.39, 0.29) is 11.5 Å². The Bertz CT molecular complexity index is 629. The van der Waals surface area contributed by atoms with Gasteiger partial charge in [-0.25, -0.2) is 4.79 Å². The minimum Gasteiger partial charge on any atom is -0.478 e. The minimum atomic E-state index is -1.06. The van der Waals surface area contributed by atoms with E-state index >= 15 is 0 Å². The zero-order valence-corrected chi connectivity index (χ0v) is 11.2. The minimum absolute atomic E-state index is 0.0903. The molecule has 6 heteroatoms. The second-order valence-corrected chi connectivity index (χ2v) is 4.54. The van der Waals surface area contributed by atoms with Crippen molar-refractivity contribution in [3.63, 3.8) is 0 Å². The first-order chi connectivity index (χ1) is 9.08. The molecule has 2 aromatic rings. The van der Waals surface area contributed by atoms with Crippen LogP contribution in [0.1, 0.15) is 20.7 Å². The van der Waals surface area contributed by atoms with Crippen molar-refractivity contribution < 1.29 is 14.7 Å². The third-order valence-corrected chi connectivity index (χ3v) is 3.09. The molecule has 0 aliphatic rings. The average molecular weight is 321 g/mol. The van der Waals surface area contributed by atoms with Gasteiger partial charge in [-0.2, -0.15) is 0 Å². The molecule has 0 radical (unpaired) electrons. The standard InChI is InChI=1S/C13H9BrN2O3/c14-11-2-1-9(7-10(11)13(18)19)16-12(17)8-3-5-15-6-4-8/h1-7H,(H,16,17)(H,18,19). The van der Waals surface area contributed by atoms with E-state index in [9.17, 15) is 9.59 Å². The highest BCUT2D eigenvalue weighted by atomic mass is 79.9. The second kappa shape index (κ2) is 5.62. The van der Waals surface area contributed by atoms with Crippen molar-refractivity contribution in [2.75, 3.05) is 5.32 Å². The van der Waals surface area contributed by atoms with Gasteiger partial charge in [0.2, 0.25) is 0 Å². The third-order valence-electron chi connectivity index (χ3n) is 2.40. The molecule has 0 saturated heterocycles. The topological polar surface area (TPSA) is 79.3 Å². The summed E-state index contributed by atoms with van der Waals surface area (Å²) in [4.78, 5) is 26.7. The number of carbonyl (C=O) groups excluding carboxylic acids is 1. The summed E-state index contributed by atoms with van der Waals surface area (Å²) in [5, 5.41) is 11.6. The van der Waals surface area contributed by atoms with Crippen LogP contribution < -0.4 is 5.32 Å². The number of nitrogens with one attached hydrogen (secondary N) is 1. The highest BCUT2D eigenvalue weighted by molar-refractivity contribution is 9.10. The lowest BCUT2D eigenvalue weighted by Gasteiger charge is -2.07. The molecule has 0 atom stereocenters. The number of amides is 1. The summed E-state index contributed by atoms with van der Waals surface area (Å²) in [7, 11) is 0. The van der Waals surface area contributed by atoms with Crippen molar-refractivity contribution in [3.8, 4) is 0 Å². The third kappa shape index (κ3) is 3.17. The molecule has 0 fully saturated rings. The molecule has 1 amide bonds. The molecule has 19 heavy (non-hydrogen) atoms. The fraction of sp³-hybridized carbons (Fsp3) is 0. The molecule has 0 aliphatic carbocycles. The fourth-order valence-electron chi connectivity index (χ4n) is 1.47. The Morgan fingerprint density at radius 1 is 1.16 bits per heavy atom. The van der Waals surface area contributed by atoms with Crippen LogP contribution >= 0.6 is 15.9 Å². The summed E-state index contributed by atoms with van der Waals surface area (Å²) >= 11 is 3.14. The van der Waals surface area contributed by atoms with Crippen molar-refractivity contribution in [1.29, 1.82) is 0 Å². The van der Waals surface area contributed by atoms with Gasteiger partial charge in [0.25, 0.3) is 5.91 Å². The predicted molar refractivity (Wildman–Crippen MR) is 73.3 cm³/mol. The van der Waals surface area contributed by atoms with Crippen LogP contribution in [0.2, 0.25) is 0 Å². The molecule has 96 valence electrons. The van der Waals surface area contributed by atoms with E-state index in [1.165, 1.54) is 18.5 Å². The van der Waals surface area contributed by atoms with Crippen LogP contribution in [-0.4, -0.2) is 22.0 Å². The van der Waals surface area contributed by atoms with Crippen LogP contribution in [0, 0.1) is 0 Å². The summed E-state index contributed by atoms with van der Waals surface area (Å²) in [5.74, 6) is -1.38. The quantitative estimate of drug-likeness (QED) is 0.911. The molecule has 5 nitrogen and oxygen atoms in total. The van der Waals surface area contributed by atoms with Gasteiger partial charge in [0, 0.05) is 28.1 Å². The highest BCUT2D eigenvalue weighted by Gasteiger charge is 2.11. The van der Waals surface area contributed by atoms with E-state index in [1.54, 1.807) is 24.3 Å². The first-order valence-corrected chi connectivity index (χ1v) is 6.11. The maximum Gasteiger partial charge on any atom is 0.336 e. The molecule has 2 N–H and O–H groups in total. The van der Waals surface area contributed by atoms with E-state index in [2.05, 4.69) is 26.2 Å². The Kier molecular flexibility index (Phi) is 3.91. The van der Waals surface area contributed by atoms with Gasteiger partial charge in [-0.3, -0.25) is 9.78 Å². The van der Waals surface area contributed by atoms with Gasteiger partial charge in [-0.1, -0.05) is 0 Å². The Hall–Kier alpha value is -2.21. The molecule has 2 rings (SSSR count). The number of anilines is 1. The largest absolute Gasteiger partial charge is 0.478 e. The van der Waals surface area contributed by atoms with Gasteiger partial charge in [-0.05, 0) is 46.3 Å². The number of carboxylic acid groups (broad SMARTS) is 1. The Morgan fingerprint density at radius 2 is 1.84 bits per heavy atom. The van der Waals surface area contributed by atoms with Gasteiger partial charge < -0.3 is 10.4 Å². The lowest BCUT2D eigenvalue weighted by Crippen LogP contribution is -2.12. The van der Waals surface area contributed by atoms with Crippen LogP contribution in [-0.2, 0) is 0 Å². The Labute approximate surface area is 117 Å². The number of rotatable bonds is 3. The number of carbonyl (C=O) groups is 2. The van der Waals surface area contributed by atoms with Gasteiger partial charge in [0.05, 0.1) is 5.56 Å². The number of hydrogen-bond donors (Lipinski definition) is 2. The van der Waals surface area contributed by atoms with E-state index < -0.39 is 5.97 Å². The van der Waals surface area contributed by atoms with Crippen LogP contribution in [0.4, 0.5) is 5.69 Å². The monoisotopic (exact) mass is 320 g/mol. The number of carboxylic acids is 1. The average Bonchev–Trinajstić information content (AvgIpc) is 2.41. The van der Waals surface area contributed by atoms with E-state index in [0.717, 1.165) is 0 Å². The number of aromatic nitrogens is 1. The Morgan fingerprint density at radius 3 is 2.47 bits per heavy atom.